The van der Waals surface area contributed by atoms with E-state index in [1.807, 2.05) is 0 Å². The van der Waals surface area contributed by atoms with E-state index in [9.17, 15) is 9.90 Å². The number of carbonyl (C=O) groups excluding carboxylic acids is 1. The van der Waals surface area contributed by atoms with Crippen molar-refractivity contribution in [3.8, 4) is 23.0 Å². The number of methoxy groups -OCH3 is 3. The number of likely N-dealkylation sites (tertiary alicyclic amines) is 1. The molecule has 1 aliphatic rings. The molecule has 0 unspecified atom stereocenters. The molecule has 1 saturated heterocycles. The van der Waals surface area contributed by atoms with Gasteiger partial charge in [0.05, 0.1) is 39.7 Å². The van der Waals surface area contributed by atoms with Crippen LogP contribution in [-0.4, -0.2) is 65.8 Å². The van der Waals surface area contributed by atoms with Gasteiger partial charge in [0.1, 0.15) is 17.5 Å². The first-order valence-corrected chi connectivity index (χ1v) is 8.68. The van der Waals surface area contributed by atoms with Crippen LogP contribution in [0.5, 0.6) is 11.5 Å². The average molecular weight is 395 g/mol. The lowest BCUT2D eigenvalue weighted by Gasteiger charge is -2.21. The van der Waals surface area contributed by atoms with E-state index in [-0.39, 0.29) is 17.4 Å². The summed E-state index contributed by atoms with van der Waals surface area (Å²) in [6.45, 7) is 0.507. The SMILES string of the molecule is COC(=O)[C@@H]1C[C@H](O)CN1Cn1nc(-c2ccc(OC)cc2OC)oc1=S. The minimum Gasteiger partial charge on any atom is -0.497 e. The van der Waals surface area contributed by atoms with E-state index in [1.54, 1.807) is 30.2 Å². The van der Waals surface area contributed by atoms with Crippen LogP contribution in [-0.2, 0) is 16.2 Å². The van der Waals surface area contributed by atoms with Crippen LogP contribution in [0, 0.1) is 4.84 Å². The summed E-state index contributed by atoms with van der Waals surface area (Å²) < 4.78 is 22.4. The molecule has 1 fully saturated rings. The Morgan fingerprint density at radius 1 is 1.37 bits per heavy atom. The van der Waals surface area contributed by atoms with Gasteiger partial charge in [-0.2, -0.15) is 0 Å². The second-order valence-electron chi connectivity index (χ2n) is 6.08. The van der Waals surface area contributed by atoms with Crippen LogP contribution in [0.4, 0.5) is 0 Å². The van der Waals surface area contributed by atoms with Crippen molar-refractivity contribution in [3.05, 3.63) is 23.0 Å². The van der Waals surface area contributed by atoms with E-state index in [0.29, 0.717) is 30.0 Å². The molecule has 27 heavy (non-hydrogen) atoms. The lowest BCUT2D eigenvalue weighted by atomic mass is 10.2. The Bertz CT molecular complexity index is 880. The fourth-order valence-electron chi connectivity index (χ4n) is 3.07. The van der Waals surface area contributed by atoms with E-state index in [4.69, 9.17) is 30.8 Å². The molecule has 3 rings (SSSR count). The summed E-state index contributed by atoms with van der Waals surface area (Å²) in [4.78, 5) is 13.8. The van der Waals surface area contributed by atoms with E-state index in [0.717, 1.165) is 0 Å². The molecular formula is C17H21N3O6S. The molecule has 0 saturated carbocycles. The number of esters is 1. The third kappa shape index (κ3) is 3.97. The molecule has 1 N–H and O–H groups in total. The molecule has 146 valence electrons. The third-order valence-electron chi connectivity index (χ3n) is 4.42. The van der Waals surface area contributed by atoms with Crippen LogP contribution in [0.2, 0.25) is 0 Å². The van der Waals surface area contributed by atoms with E-state index < -0.39 is 18.1 Å². The Morgan fingerprint density at radius 3 is 2.81 bits per heavy atom. The van der Waals surface area contributed by atoms with E-state index in [1.165, 1.54) is 18.9 Å². The monoisotopic (exact) mass is 395 g/mol. The smallest absolute Gasteiger partial charge is 0.323 e. The molecule has 0 spiro atoms. The molecule has 9 nitrogen and oxygen atoms in total. The number of aromatic nitrogens is 2. The summed E-state index contributed by atoms with van der Waals surface area (Å²) in [7, 11) is 4.43. The maximum Gasteiger partial charge on any atom is 0.323 e. The predicted octanol–water partition coefficient (Wildman–Crippen LogP) is 1.46. The Morgan fingerprint density at radius 2 is 2.15 bits per heavy atom. The van der Waals surface area contributed by atoms with Gasteiger partial charge in [-0.1, -0.05) is 0 Å². The van der Waals surface area contributed by atoms with Gasteiger partial charge in [0.2, 0.25) is 0 Å². The van der Waals surface area contributed by atoms with Gasteiger partial charge < -0.3 is 23.7 Å². The topological polar surface area (TPSA) is 99.2 Å². The first kappa shape index (κ1) is 19.3. The molecule has 1 aromatic heterocycles. The van der Waals surface area contributed by atoms with Crippen LogP contribution < -0.4 is 9.47 Å². The Hall–Kier alpha value is -2.43. The zero-order chi connectivity index (χ0) is 19.6. The number of nitrogens with zero attached hydrogens (tertiary/aromatic N) is 3. The summed E-state index contributed by atoms with van der Waals surface area (Å²) in [5.74, 6) is 1.05. The number of hydrogen-bond acceptors (Lipinski definition) is 9. The molecule has 2 atom stereocenters. The molecule has 1 aromatic carbocycles. The van der Waals surface area contributed by atoms with Crippen molar-refractivity contribution in [1.29, 1.82) is 0 Å². The van der Waals surface area contributed by atoms with Crippen molar-refractivity contribution in [1.82, 2.24) is 14.7 Å². The highest BCUT2D eigenvalue weighted by atomic mass is 32.1. The number of hydrogen-bond donors (Lipinski definition) is 1. The molecular weight excluding hydrogens is 374 g/mol. The summed E-state index contributed by atoms with van der Waals surface area (Å²) in [5.41, 5.74) is 0.620. The van der Waals surface area contributed by atoms with Crippen molar-refractivity contribution >= 4 is 18.2 Å². The normalized spacial score (nSPS) is 19.9. The predicted molar refractivity (Wildman–Crippen MR) is 97.0 cm³/mol. The first-order chi connectivity index (χ1) is 13.0. The molecule has 0 amide bonds. The maximum absolute atomic E-state index is 11.9. The van der Waals surface area contributed by atoms with Crippen molar-refractivity contribution < 1.29 is 28.5 Å². The van der Waals surface area contributed by atoms with Gasteiger partial charge in [-0.3, -0.25) is 9.69 Å². The molecule has 0 bridgehead atoms. The third-order valence-corrected chi connectivity index (χ3v) is 4.71. The molecule has 0 aliphatic carbocycles. The molecule has 2 heterocycles. The second kappa shape index (κ2) is 8.07. The Labute approximate surface area is 161 Å². The van der Waals surface area contributed by atoms with Gasteiger partial charge in [-0.05, 0) is 24.4 Å². The van der Waals surface area contributed by atoms with Crippen molar-refractivity contribution in [2.75, 3.05) is 27.9 Å². The van der Waals surface area contributed by atoms with Crippen LogP contribution >= 0.6 is 12.2 Å². The van der Waals surface area contributed by atoms with Crippen LogP contribution in [0.3, 0.4) is 0 Å². The van der Waals surface area contributed by atoms with Crippen molar-refractivity contribution in [2.45, 2.75) is 25.2 Å². The minimum absolute atomic E-state index is 0.146. The maximum atomic E-state index is 11.9. The second-order valence-corrected chi connectivity index (χ2v) is 6.43. The average Bonchev–Trinajstić information content (AvgIpc) is 3.23. The summed E-state index contributed by atoms with van der Waals surface area (Å²) >= 11 is 5.26. The molecule has 0 radical (unpaired) electrons. The number of β-amino-alcohol motifs (C(OH)–C–C–N with tert-alkyl or cyclic N) is 1. The fraction of sp³-hybridized carbons (Fsp3) is 0.471. The zero-order valence-corrected chi connectivity index (χ0v) is 16.1. The van der Waals surface area contributed by atoms with Gasteiger partial charge in [0.25, 0.3) is 10.7 Å². The van der Waals surface area contributed by atoms with Gasteiger partial charge in [0, 0.05) is 19.0 Å². The molecule has 10 heteroatoms. The van der Waals surface area contributed by atoms with E-state index in [2.05, 4.69) is 5.10 Å². The first-order valence-electron chi connectivity index (χ1n) is 8.27. The standard InChI is InChI=1S/C17H21N3O6S/c1-23-11-4-5-12(14(7-11)24-2)15-18-20(17(27)26-15)9-19-8-10(21)6-13(19)16(22)25-3/h4-5,7,10,13,21H,6,8-9H2,1-3H3/t10-,13-/m0/s1. The lowest BCUT2D eigenvalue weighted by Crippen LogP contribution is -2.38. The number of aliphatic hydroxyl groups is 1. The highest BCUT2D eigenvalue weighted by Gasteiger charge is 2.37. The quantitative estimate of drug-likeness (QED) is 0.575. The number of ether oxygens (including phenoxy) is 3. The minimum atomic E-state index is -0.615. The van der Waals surface area contributed by atoms with Gasteiger partial charge in [-0.25, -0.2) is 4.68 Å². The highest BCUT2D eigenvalue weighted by molar-refractivity contribution is 7.71. The van der Waals surface area contributed by atoms with Crippen LogP contribution in [0.1, 0.15) is 6.42 Å². The largest absolute Gasteiger partial charge is 0.497 e. The number of benzene rings is 1. The van der Waals surface area contributed by atoms with Crippen LogP contribution in [0.15, 0.2) is 22.6 Å². The van der Waals surface area contributed by atoms with Gasteiger partial charge in [-0.15, -0.1) is 5.10 Å². The highest BCUT2D eigenvalue weighted by Crippen LogP contribution is 2.32. The number of rotatable bonds is 6. The zero-order valence-electron chi connectivity index (χ0n) is 15.2. The molecule has 1 aliphatic heterocycles. The summed E-state index contributed by atoms with van der Waals surface area (Å²) in [6, 6.07) is 4.69. The van der Waals surface area contributed by atoms with E-state index >= 15 is 0 Å². The number of aliphatic hydroxyl groups excluding tert-OH is 1. The van der Waals surface area contributed by atoms with Crippen molar-refractivity contribution in [3.63, 3.8) is 0 Å². The Balaban J connectivity index is 1.87. The van der Waals surface area contributed by atoms with Gasteiger partial charge >= 0.3 is 5.97 Å². The summed E-state index contributed by atoms with van der Waals surface area (Å²) in [6.07, 6.45) is -0.312. The fourth-order valence-corrected chi connectivity index (χ4v) is 3.25. The number of carbonyl (C=O) groups is 1. The summed E-state index contributed by atoms with van der Waals surface area (Å²) in [5, 5.41) is 14.3. The van der Waals surface area contributed by atoms with Crippen molar-refractivity contribution in [2.24, 2.45) is 0 Å². The lowest BCUT2D eigenvalue weighted by molar-refractivity contribution is -0.146. The van der Waals surface area contributed by atoms with Crippen LogP contribution in [0.25, 0.3) is 11.5 Å². The Kier molecular flexibility index (Phi) is 5.78. The van der Waals surface area contributed by atoms with Gasteiger partial charge in [0.15, 0.2) is 0 Å². The molecule has 2 aromatic rings.